The van der Waals surface area contributed by atoms with Crippen molar-refractivity contribution in [1.29, 1.82) is 0 Å². The molecule has 0 N–H and O–H groups in total. The van der Waals surface area contributed by atoms with Gasteiger partial charge >= 0.3 is 0 Å². The molecule has 0 radical (unpaired) electrons. The van der Waals surface area contributed by atoms with Crippen LogP contribution in [0, 0.1) is 24.3 Å². The maximum absolute atomic E-state index is 4.73. The first-order valence-corrected chi connectivity index (χ1v) is 9.66. The lowest BCUT2D eigenvalue weighted by molar-refractivity contribution is 0.937. The molecular formula is C22H23IN2. The van der Waals surface area contributed by atoms with Crippen molar-refractivity contribution in [2.75, 3.05) is 0 Å². The second kappa shape index (κ2) is 7.56. The minimum atomic E-state index is 1.03. The fourth-order valence-electron chi connectivity index (χ4n) is 3.22. The lowest BCUT2D eigenvalue weighted by atomic mass is 10.1. The third-order valence-corrected chi connectivity index (χ3v) is 5.26. The van der Waals surface area contributed by atoms with E-state index >= 15 is 0 Å². The Morgan fingerprint density at radius 2 is 1.80 bits per heavy atom. The zero-order chi connectivity index (χ0) is 18.0. The van der Waals surface area contributed by atoms with Gasteiger partial charge in [0.15, 0.2) is 0 Å². The van der Waals surface area contributed by atoms with Gasteiger partial charge in [0.2, 0.25) is 0 Å². The highest BCUT2D eigenvalue weighted by Crippen LogP contribution is 2.25. The van der Waals surface area contributed by atoms with Gasteiger partial charge in [0.05, 0.1) is 5.69 Å². The monoisotopic (exact) mass is 442 g/mol. The van der Waals surface area contributed by atoms with E-state index in [4.69, 9.17) is 4.99 Å². The summed E-state index contributed by atoms with van der Waals surface area (Å²) in [5, 5.41) is 0. The topological polar surface area (TPSA) is 17.3 Å². The molecular weight excluding hydrogens is 419 g/mol. The van der Waals surface area contributed by atoms with Crippen LogP contribution in [0.15, 0.2) is 53.5 Å². The predicted molar refractivity (Wildman–Crippen MR) is 116 cm³/mol. The molecule has 0 aliphatic rings. The van der Waals surface area contributed by atoms with Crippen LogP contribution in [-0.2, 0) is 6.42 Å². The molecule has 2 nitrogen and oxygen atoms in total. The van der Waals surface area contributed by atoms with Crippen LogP contribution < -0.4 is 0 Å². The van der Waals surface area contributed by atoms with Crippen molar-refractivity contribution in [1.82, 2.24) is 4.57 Å². The molecule has 0 amide bonds. The second-order valence-electron chi connectivity index (χ2n) is 6.33. The third-order valence-electron chi connectivity index (χ3n) is 4.59. The minimum absolute atomic E-state index is 1.03. The summed E-state index contributed by atoms with van der Waals surface area (Å²) in [7, 11) is 0. The molecule has 0 saturated heterocycles. The molecule has 0 atom stereocenters. The van der Waals surface area contributed by atoms with E-state index in [9.17, 15) is 0 Å². The van der Waals surface area contributed by atoms with Crippen LogP contribution in [0.4, 0.5) is 5.69 Å². The highest BCUT2D eigenvalue weighted by molar-refractivity contribution is 14.1. The van der Waals surface area contributed by atoms with Crippen LogP contribution in [-0.4, -0.2) is 10.8 Å². The van der Waals surface area contributed by atoms with Crippen LogP contribution in [0.25, 0.3) is 5.69 Å². The van der Waals surface area contributed by atoms with E-state index in [1.165, 1.54) is 37.3 Å². The van der Waals surface area contributed by atoms with Gasteiger partial charge in [0.1, 0.15) is 0 Å². The molecule has 0 unspecified atom stereocenters. The van der Waals surface area contributed by atoms with Crippen molar-refractivity contribution in [3.63, 3.8) is 0 Å². The minimum Gasteiger partial charge on any atom is -0.318 e. The molecule has 1 heterocycles. The van der Waals surface area contributed by atoms with Gasteiger partial charge in [-0.3, -0.25) is 4.99 Å². The van der Waals surface area contributed by atoms with Crippen molar-refractivity contribution in [3.8, 4) is 5.69 Å². The van der Waals surface area contributed by atoms with Gasteiger partial charge in [-0.1, -0.05) is 25.1 Å². The van der Waals surface area contributed by atoms with Crippen molar-refractivity contribution < 1.29 is 0 Å². The van der Waals surface area contributed by atoms with Gasteiger partial charge in [-0.15, -0.1) is 0 Å². The summed E-state index contributed by atoms with van der Waals surface area (Å²) >= 11 is 2.33. The van der Waals surface area contributed by atoms with Gasteiger partial charge in [-0.05, 0) is 91.2 Å². The Morgan fingerprint density at radius 1 is 1.04 bits per heavy atom. The first kappa shape index (κ1) is 17.9. The average molecular weight is 442 g/mol. The summed E-state index contributed by atoms with van der Waals surface area (Å²) in [6.45, 7) is 8.64. The molecule has 2 aromatic carbocycles. The van der Waals surface area contributed by atoms with Crippen LogP contribution in [0.2, 0.25) is 0 Å². The van der Waals surface area contributed by atoms with E-state index in [1.807, 2.05) is 6.21 Å². The largest absolute Gasteiger partial charge is 0.318 e. The Bertz CT molecular complexity index is 935. The summed E-state index contributed by atoms with van der Waals surface area (Å²) in [6.07, 6.45) is 3.01. The molecule has 0 aliphatic heterocycles. The molecule has 1 aromatic heterocycles. The number of aromatic nitrogens is 1. The van der Waals surface area contributed by atoms with Gasteiger partial charge in [-0.2, -0.15) is 0 Å². The first-order valence-electron chi connectivity index (χ1n) is 8.58. The standard InChI is InChI=1S/C22H23IN2/c1-5-18-8-6-7-9-22(18)25-16(3)13-19(17(25)4)14-24-21-11-10-20(23)12-15(21)2/h6-14H,5H2,1-4H3. The summed E-state index contributed by atoms with van der Waals surface area (Å²) < 4.78 is 3.57. The summed E-state index contributed by atoms with van der Waals surface area (Å²) in [5.74, 6) is 0. The summed E-state index contributed by atoms with van der Waals surface area (Å²) in [6, 6.07) is 17.2. The summed E-state index contributed by atoms with van der Waals surface area (Å²) in [4.78, 5) is 4.73. The number of benzene rings is 2. The predicted octanol–water partition coefficient (Wildman–Crippen LogP) is 6.32. The van der Waals surface area contributed by atoms with Crippen molar-refractivity contribution in [2.24, 2.45) is 4.99 Å². The van der Waals surface area contributed by atoms with Crippen molar-refractivity contribution in [3.05, 3.63) is 80.2 Å². The lowest BCUT2D eigenvalue weighted by Crippen LogP contribution is -2.03. The van der Waals surface area contributed by atoms with Crippen LogP contribution in [0.3, 0.4) is 0 Å². The van der Waals surface area contributed by atoms with E-state index in [0.29, 0.717) is 0 Å². The van der Waals surface area contributed by atoms with Gasteiger partial charge in [0.25, 0.3) is 0 Å². The van der Waals surface area contributed by atoms with Gasteiger partial charge in [-0.25, -0.2) is 0 Å². The lowest BCUT2D eigenvalue weighted by Gasteiger charge is -2.13. The molecule has 3 aromatic rings. The Kier molecular flexibility index (Phi) is 5.42. The molecule has 3 heteroatoms. The Morgan fingerprint density at radius 3 is 2.52 bits per heavy atom. The van der Waals surface area contributed by atoms with E-state index in [0.717, 1.165) is 12.1 Å². The highest BCUT2D eigenvalue weighted by atomic mass is 127. The van der Waals surface area contributed by atoms with E-state index in [-0.39, 0.29) is 0 Å². The SMILES string of the molecule is CCc1ccccc1-n1c(C)cc(C=Nc2ccc(I)cc2C)c1C. The van der Waals surface area contributed by atoms with E-state index < -0.39 is 0 Å². The fourth-order valence-corrected chi connectivity index (χ4v) is 3.87. The maximum Gasteiger partial charge on any atom is 0.0659 e. The number of aliphatic imine (C=N–C) groups is 1. The molecule has 0 fully saturated rings. The Balaban J connectivity index is 2.01. The van der Waals surface area contributed by atoms with Crippen LogP contribution in [0.5, 0.6) is 0 Å². The molecule has 0 spiro atoms. The maximum atomic E-state index is 4.73. The van der Waals surface area contributed by atoms with Crippen LogP contribution in [0.1, 0.15) is 35.0 Å². The molecule has 0 bridgehead atoms. The quantitative estimate of drug-likeness (QED) is 0.332. The van der Waals surface area contributed by atoms with E-state index in [2.05, 4.69) is 103 Å². The fraction of sp³-hybridized carbons (Fsp3) is 0.227. The Labute approximate surface area is 163 Å². The zero-order valence-electron chi connectivity index (χ0n) is 15.2. The molecule has 25 heavy (non-hydrogen) atoms. The number of hydrogen-bond donors (Lipinski definition) is 0. The molecule has 0 aliphatic carbocycles. The van der Waals surface area contributed by atoms with E-state index in [1.54, 1.807) is 0 Å². The number of hydrogen-bond acceptors (Lipinski definition) is 1. The molecule has 0 saturated carbocycles. The number of para-hydroxylation sites is 1. The average Bonchev–Trinajstić information content (AvgIpc) is 2.88. The Hall–Kier alpha value is -1.88. The molecule has 128 valence electrons. The normalized spacial score (nSPS) is 11.4. The van der Waals surface area contributed by atoms with Gasteiger partial charge in [0, 0.05) is 32.4 Å². The number of halogens is 1. The second-order valence-corrected chi connectivity index (χ2v) is 7.58. The third kappa shape index (κ3) is 3.71. The number of nitrogens with zero attached hydrogens (tertiary/aromatic N) is 2. The highest BCUT2D eigenvalue weighted by Gasteiger charge is 2.11. The molecule has 3 rings (SSSR count). The van der Waals surface area contributed by atoms with Gasteiger partial charge < -0.3 is 4.57 Å². The first-order chi connectivity index (χ1) is 12.0. The smallest absolute Gasteiger partial charge is 0.0659 e. The van der Waals surface area contributed by atoms with Crippen LogP contribution >= 0.6 is 22.6 Å². The number of rotatable bonds is 4. The van der Waals surface area contributed by atoms with Crippen molar-refractivity contribution >= 4 is 34.5 Å². The summed E-state index contributed by atoms with van der Waals surface area (Å²) in [5.41, 5.74) is 8.49. The zero-order valence-corrected chi connectivity index (χ0v) is 17.3. The van der Waals surface area contributed by atoms with Crippen molar-refractivity contribution in [2.45, 2.75) is 34.1 Å². The number of aryl methyl sites for hydroxylation is 3.